The molecule has 0 saturated heterocycles. The standard InChI is InChI=1S/C2H7O4P.Na/c3-1-2-7(4,5)6;/h3H,1-2H2,(H2,4,5,6);/q;+1/p-1. The summed E-state index contributed by atoms with van der Waals surface area (Å²) < 4.78 is 9.65. The second-order valence-electron chi connectivity index (χ2n) is 1.08. The van der Waals surface area contributed by atoms with E-state index >= 15 is 0 Å². The van der Waals surface area contributed by atoms with Crippen molar-refractivity contribution in [3.63, 3.8) is 0 Å². The number of aliphatic hydroxyl groups excluding tert-OH is 1. The second-order valence-corrected chi connectivity index (χ2v) is 2.81. The van der Waals surface area contributed by atoms with Crippen molar-refractivity contribution in [1.29, 1.82) is 0 Å². The second kappa shape index (κ2) is 4.94. The third-order valence-corrected chi connectivity index (χ3v) is 1.15. The van der Waals surface area contributed by atoms with Crippen LogP contribution in [-0.2, 0) is 4.57 Å². The van der Waals surface area contributed by atoms with E-state index in [1.165, 1.54) is 0 Å². The van der Waals surface area contributed by atoms with Gasteiger partial charge in [0.1, 0.15) is 7.60 Å². The molecule has 0 aromatic carbocycles. The third kappa shape index (κ3) is 10.2. The van der Waals surface area contributed by atoms with Crippen LogP contribution < -0.4 is 34.5 Å². The Labute approximate surface area is 69.4 Å². The maximum Gasteiger partial charge on any atom is 1.00 e. The van der Waals surface area contributed by atoms with Crippen molar-refractivity contribution in [2.24, 2.45) is 0 Å². The van der Waals surface area contributed by atoms with Gasteiger partial charge in [0.05, 0.1) is 6.61 Å². The summed E-state index contributed by atoms with van der Waals surface area (Å²) in [6, 6.07) is 0. The van der Waals surface area contributed by atoms with Crippen molar-refractivity contribution >= 4 is 7.60 Å². The SMILES string of the molecule is O=P([O-])(O)CCO.[Na+]. The minimum Gasteiger partial charge on any atom is -0.779 e. The summed E-state index contributed by atoms with van der Waals surface area (Å²) in [7, 11) is -4.17. The predicted molar refractivity (Wildman–Crippen MR) is 21.8 cm³/mol. The van der Waals surface area contributed by atoms with Crippen LogP contribution in [0.2, 0.25) is 0 Å². The molecule has 0 spiro atoms. The fourth-order valence-electron chi connectivity index (χ4n) is 0.126. The molecule has 0 aliphatic rings. The Morgan fingerprint density at radius 1 is 1.62 bits per heavy atom. The first kappa shape index (κ1) is 11.9. The molecule has 1 unspecified atom stereocenters. The molecule has 0 amide bonds. The third-order valence-electron chi connectivity index (χ3n) is 0.383. The zero-order valence-corrected chi connectivity index (χ0v) is 7.47. The summed E-state index contributed by atoms with van der Waals surface area (Å²) in [5.41, 5.74) is 0. The number of aliphatic hydroxyl groups is 1. The van der Waals surface area contributed by atoms with Gasteiger partial charge in [-0.25, -0.2) is 0 Å². The molecule has 44 valence electrons. The molecule has 0 aromatic rings. The molecule has 0 bridgehead atoms. The van der Waals surface area contributed by atoms with E-state index in [1.54, 1.807) is 0 Å². The van der Waals surface area contributed by atoms with Crippen molar-refractivity contribution in [1.82, 2.24) is 0 Å². The van der Waals surface area contributed by atoms with Crippen LogP contribution in [0.4, 0.5) is 0 Å². The van der Waals surface area contributed by atoms with Gasteiger partial charge >= 0.3 is 29.6 Å². The monoisotopic (exact) mass is 148 g/mol. The Hall–Kier alpha value is 1.11. The van der Waals surface area contributed by atoms with E-state index in [0.29, 0.717) is 0 Å². The van der Waals surface area contributed by atoms with Crippen molar-refractivity contribution < 1.29 is 49.0 Å². The summed E-state index contributed by atoms with van der Waals surface area (Å²) in [6.07, 6.45) is -0.549. The molecule has 6 heteroatoms. The average molecular weight is 148 g/mol. The van der Waals surface area contributed by atoms with Crippen molar-refractivity contribution in [3.8, 4) is 0 Å². The fraction of sp³-hybridized carbons (Fsp3) is 1.00. The summed E-state index contributed by atoms with van der Waals surface area (Å²) in [6.45, 7) is -0.517. The van der Waals surface area contributed by atoms with Crippen LogP contribution in [0.1, 0.15) is 0 Å². The Morgan fingerprint density at radius 3 is 2.00 bits per heavy atom. The summed E-state index contributed by atoms with van der Waals surface area (Å²) in [5.74, 6) is 0. The van der Waals surface area contributed by atoms with E-state index in [0.717, 1.165) is 0 Å². The molecule has 0 heterocycles. The molecule has 0 rings (SSSR count). The molecule has 0 aliphatic carbocycles. The minimum absolute atomic E-state index is 0. The first-order valence-corrected chi connectivity index (χ1v) is 3.46. The van der Waals surface area contributed by atoms with Crippen LogP contribution in [-0.4, -0.2) is 22.8 Å². The van der Waals surface area contributed by atoms with E-state index in [1.807, 2.05) is 0 Å². The fourth-order valence-corrected chi connectivity index (χ4v) is 0.379. The molecular formula is C2H6NaO4P. The van der Waals surface area contributed by atoms with Gasteiger partial charge in [0.25, 0.3) is 0 Å². The van der Waals surface area contributed by atoms with Gasteiger partial charge in [0.2, 0.25) is 0 Å². The first-order valence-electron chi connectivity index (χ1n) is 1.70. The summed E-state index contributed by atoms with van der Waals surface area (Å²) >= 11 is 0. The molecule has 0 radical (unpaired) electrons. The van der Waals surface area contributed by atoms with Crippen LogP contribution in [0.3, 0.4) is 0 Å². The molecule has 2 N–H and O–H groups in total. The number of hydrogen-bond donors (Lipinski definition) is 2. The van der Waals surface area contributed by atoms with Gasteiger partial charge in [-0.05, 0) is 0 Å². The van der Waals surface area contributed by atoms with Crippen LogP contribution >= 0.6 is 7.60 Å². The largest absolute Gasteiger partial charge is 1.00 e. The van der Waals surface area contributed by atoms with Crippen LogP contribution in [0, 0.1) is 0 Å². The van der Waals surface area contributed by atoms with Crippen LogP contribution in [0.5, 0.6) is 0 Å². The topological polar surface area (TPSA) is 80.6 Å². The average Bonchev–Trinajstić information content (AvgIpc) is 1.30. The van der Waals surface area contributed by atoms with E-state index in [4.69, 9.17) is 10.00 Å². The number of rotatable bonds is 2. The minimum atomic E-state index is -4.17. The maximum absolute atomic E-state index is 9.65. The molecule has 4 nitrogen and oxygen atoms in total. The van der Waals surface area contributed by atoms with Gasteiger partial charge in [0.15, 0.2) is 0 Å². The zero-order chi connectivity index (χ0) is 5.91. The molecule has 8 heavy (non-hydrogen) atoms. The van der Waals surface area contributed by atoms with Crippen LogP contribution in [0.15, 0.2) is 0 Å². The maximum atomic E-state index is 9.65. The predicted octanol–water partition coefficient (Wildman–Crippen LogP) is -4.47. The van der Waals surface area contributed by atoms with Crippen molar-refractivity contribution in [2.75, 3.05) is 12.8 Å². The zero-order valence-electron chi connectivity index (χ0n) is 4.57. The van der Waals surface area contributed by atoms with Gasteiger partial charge in [-0.3, -0.25) is 0 Å². The Kier molecular flexibility index (Phi) is 7.32. The van der Waals surface area contributed by atoms with Crippen molar-refractivity contribution in [2.45, 2.75) is 0 Å². The Balaban J connectivity index is 0. The van der Waals surface area contributed by atoms with E-state index < -0.39 is 20.4 Å². The summed E-state index contributed by atoms with van der Waals surface area (Å²) in [4.78, 5) is 17.5. The van der Waals surface area contributed by atoms with Gasteiger partial charge < -0.3 is 19.5 Å². The molecule has 0 aliphatic heterocycles. The van der Waals surface area contributed by atoms with Gasteiger partial charge in [-0.2, -0.15) is 0 Å². The summed E-state index contributed by atoms with van der Waals surface area (Å²) in [5, 5.41) is 7.87. The molecular weight excluding hydrogens is 142 g/mol. The first-order chi connectivity index (χ1) is 3.06. The van der Waals surface area contributed by atoms with Crippen molar-refractivity contribution in [3.05, 3.63) is 0 Å². The quantitative estimate of drug-likeness (QED) is 0.305. The van der Waals surface area contributed by atoms with Gasteiger partial charge in [-0.1, -0.05) is 0 Å². The molecule has 1 atom stereocenters. The van der Waals surface area contributed by atoms with E-state index in [-0.39, 0.29) is 29.6 Å². The van der Waals surface area contributed by atoms with E-state index in [2.05, 4.69) is 0 Å². The number of hydrogen-bond acceptors (Lipinski definition) is 3. The van der Waals surface area contributed by atoms with E-state index in [9.17, 15) is 9.46 Å². The smallest absolute Gasteiger partial charge is 0.779 e. The van der Waals surface area contributed by atoms with Gasteiger partial charge in [-0.15, -0.1) is 0 Å². The molecule has 0 aromatic heterocycles. The molecule has 0 saturated carbocycles. The normalized spacial score (nSPS) is 16.4. The van der Waals surface area contributed by atoms with Gasteiger partial charge in [0, 0.05) is 6.16 Å². The van der Waals surface area contributed by atoms with Crippen LogP contribution in [0.25, 0.3) is 0 Å². The Bertz CT molecular complexity index is 88.0. The Morgan fingerprint density at radius 2 is 2.00 bits per heavy atom. The molecule has 0 fully saturated rings.